The van der Waals surface area contributed by atoms with Crippen LogP contribution in [0.2, 0.25) is 0 Å². The number of anilines is 2. The van der Waals surface area contributed by atoms with Gasteiger partial charge in [0.05, 0.1) is 0 Å². The molecule has 0 fully saturated rings. The third-order valence-corrected chi connectivity index (χ3v) is 1.74. The molecule has 0 bridgehead atoms. The smallest absolute Gasteiger partial charge is 0.133 e. The van der Waals surface area contributed by atoms with Crippen molar-refractivity contribution in [2.75, 3.05) is 10.6 Å². The Bertz CT molecular complexity index is 368. The maximum Gasteiger partial charge on any atom is 0.133 e. The van der Waals surface area contributed by atoms with Crippen LogP contribution in [-0.4, -0.2) is 6.34 Å². The lowest BCUT2D eigenvalue weighted by Gasteiger charge is -2.13. The number of hydrogen-bond donors (Lipinski definition) is 1. The first kappa shape index (κ1) is 11.0. The fourth-order valence-electron chi connectivity index (χ4n) is 1.04. The molecule has 2 N–H and O–H groups in total. The van der Waals surface area contributed by atoms with Crippen LogP contribution in [0.1, 0.15) is 0 Å². The van der Waals surface area contributed by atoms with Crippen LogP contribution >= 0.6 is 0 Å². The number of halogens is 1. The third-order valence-electron chi connectivity index (χ3n) is 1.74. The van der Waals surface area contributed by atoms with Crippen LogP contribution in [0.5, 0.6) is 0 Å². The Morgan fingerprint density at radius 2 is 2.00 bits per heavy atom. The van der Waals surface area contributed by atoms with Crippen molar-refractivity contribution in [3.8, 4) is 0 Å². The van der Waals surface area contributed by atoms with Gasteiger partial charge >= 0.3 is 0 Å². The molecule has 0 spiro atoms. The summed E-state index contributed by atoms with van der Waals surface area (Å²) in [6, 6.07) is 7.00. The Kier molecular flexibility index (Phi) is 4.09. The Morgan fingerprint density at radius 3 is 2.53 bits per heavy atom. The minimum atomic E-state index is 0.656. The molecule has 78 valence electrons. The topological polar surface area (TPSA) is 41.6 Å². The molecule has 0 aliphatic carbocycles. The predicted octanol–water partition coefficient (Wildman–Crippen LogP) is 2.69. The maximum atomic E-state index is 11.9. The van der Waals surface area contributed by atoms with Crippen molar-refractivity contribution >= 4 is 17.7 Å². The van der Waals surface area contributed by atoms with E-state index in [9.17, 15) is 4.48 Å². The summed E-state index contributed by atoms with van der Waals surface area (Å²) in [4.78, 5) is 1.52. The first-order chi connectivity index (χ1) is 7.27. The van der Waals surface area contributed by atoms with E-state index in [2.05, 4.69) is 11.8 Å². The highest BCUT2D eigenvalue weighted by molar-refractivity contribution is 5.81. The second kappa shape index (κ2) is 5.59. The standard InChI is InChI=1S/C11H12FN3/c1-2-3-8-15(9-14-12)11-6-4-10(13)5-7-11/h2-9H,1,13H2/b8-3+,14-9?. The minimum absolute atomic E-state index is 0.656. The summed E-state index contributed by atoms with van der Waals surface area (Å²) in [6.45, 7) is 3.53. The quantitative estimate of drug-likeness (QED) is 0.355. The average molecular weight is 205 g/mol. The highest BCUT2D eigenvalue weighted by Crippen LogP contribution is 2.15. The maximum absolute atomic E-state index is 11.9. The molecular formula is C11H12FN3. The van der Waals surface area contributed by atoms with E-state index in [1.54, 1.807) is 42.6 Å². The van der Waals surface area contributed by atoms with Gasteiger partial charge in [-0.25, -0.2) is 0 Å². The molecule has 0 atom stereocenters. The van der Waals surface area contributed by atoms with Crippen molar-refractivity contribution < 1.29 is 4.48 Å². The number of nitrogens with two attached hydrogens (primary N) is 1. The third kappa shape index (κ3) is 3.27. The summed E-state index contributed by atoms with van der Waals surface area (Å²) in [5.74, 6) is 0. The van der Waals surface area contributed by atoms with Crippen molar-refractivity contribution in [1.29, 1.82) is 0 Å². The molecule has 4 heteroatoms. The summed E-state index contributed by atoms with van der Waals surface area (Å²) in [5.41, 5.74) is 6.96. The second-order valence-corrected chi connectivity index (χ2v) is 2.79. The van der Waals surface area contributed by atoms with E-state index in [0.29, 0.717) is 5.69 Å². The lowest BCUT2D eigenvalue weighted by molar-refractivity contribution is 0.539. The zero-order valence-electron chi connectivity index (χ0n) is 8.18. The van der Waals surface area contributed by atoms with E-state index in [1.165, 1.54) is 4.90 Å². The zero-order valence-corrected chi connectivity index (χ0v) is 8.18. The Morgan fingerprint density at radius 1 is 1.33 bits per heavy atom. The number of nitrogen functional groups attached to an aromatic ring is 1. The van der Waals surface area contributed by atoms with Gasteiger partial charge in [0.25, 0.3) is 0 Å². The first-order valence-corrected chi connectivity index (χ1v) is 4.35. The molecule has 0 saturated heterocycles. The summed E-state index contributed by atoms with van der Waals surface area (Å²) in [7, 11) is 0. The molecule has 0 radical (unpaired) electrons. The van der Waals surface area contributed by atoms with E-state index < -0.39 is 0 Å². The Balaban J connectivity index is 2.93. The molecule has 0 aromatic heterocycles. The van der Waals surface area contributed by atoms with Crippen LogP contribution < -0.4 is 10.6 Å². The summed E-state index contributed by atoms with van der Waals surface area (Å²) >= 11 is 0. The van der Waals surface area contributed by atoms with Gasteiger partial charge < -0.3 is 10.6 Å². The average Bonchev–Trinajstić information content (AvgIpc) is 2.25. The summed E-state index contributed by atoms with van der Waals surface area (Å²) < 4.78 is 11.9. The Labute approximate surface area is 88.0 Å². The second-order valence-electron chi connectivity index (χ2n) is 2.79. The van der Waals surface area contributed by atoms with Gasteiger partial charge in [0, 0.05) is 17.6 Å². The van der Waals surface area contributed by atoms with Gasteiger partial charge in [-0.05, 0) is 30.3 Å². The van der Waals surface area contributed by atoms with Gasteiger partial charge in [0.1, 0.15) is 6.34 Å². The molecule has 1 aromatic rings. The minimum Gasteiger partial charge on any atom is -0.399 e. The first-order valence-electron chi connectivity index (χ1n) is 4.35. The summed E-state index contributed by atoms with van der Waals surface area (Å²) in [6.07, 6.45) is 5.97. The van der Waals surface area contributed by atoms with Gasteiger partial charge in [-0.1, -0.05) is 22.4 Å². The van der Waals surface area contributed by atoms with Crippen LogP contribution in [-0.2, 0) is 0 Å². The van der Waals surface area contributed by atoms with E-state index in [0.717, 1.165) is 12.0 Å². The molecule has 0 saturated carbocycles. The van der Waals surface area contributed by atoms with E-state index >= 15 is 0 Å². The van der Waals surface area contributed by atoms with Crippen LogP contribution in [0, 0.1) is 0 Å². The zero-order chi connectivity index (χ0) is 11.1. The molecule has 0 heterocycles. The highest BCUT2D eigenvalue weighted by atomic mass is 19.2. The monoisotopic (exact) mass is 205 g/mol. The van der Waals surface area contributed by atoms with Gasteiger partial charge in [0.2, 0.25) is 0 Å². The highest BCUT2D eigenvalue weighted by Gasteiger charge is 1.98. The molecule has 1 aromatic carbocycles. The van der Waals surface area contributed by atoms with Crippen molar-refractivity contribution in [3.63, 3.8) is 0 Å². The largest absolute Gasteiger partial charge is 0.399 e. The molecule has 15 heavy (non-hydrogen) atoms. The number of benzene rings is 1. The number of hydrogen-bond acceptors (Lipinski definition) is 2. The van der Waals surface area contributed by atoms with Gasteiger partial charge in [-0.2, -0.15) is 0 Å². The number of nitrogens with zero attached hydrogens (tertiary/aromatic N) is 2. The molecule has 0 amide bonds. The fourth-order valence-corrected chi connectivity index (χ4v) is 1.04. The van der Waals surface area contributed by atoms with Crippen LogP contribution in [0.15, 0.2) is 54.4 Å². The lowest BCUT2D eigenvalue weighted by atomic mass is 10.3. The normalized spacial score (nSPS) is 11.0. The molecule has 1 rings (SSSR count). The van der Waals surface area contributed by atoms with Crippen LogP contribution in [0.3, 0.4) is 0 Å². The molecule has 3 nitrogen and oxygen atoms in total. The molecule has 0 aliphatic rings. The van der Waals surface area contributed by atoms with E-state index in [4.69, 9.17) is 5.73 Å². The number of rotatable bonds is 4. The molecule has 0 unspecified atom stereocenters. The van der Waals surface area contributed by atoms with Crippen molar-refractivity contribution in [2.24, 2.45) is 5.21 Å². The van der Waals surface area contributed by atoms with Gasteiger partial charge in [-0.3, -0.25) is 0 Å². The van der Waals surface area contributed by atoms with Crippen molar-refractivity contribution in [3.05, 3.63) is 49.2 Å². The Hall–Kier alpha value is -2.10. The van der Waals surface area contributed by atoms with E-state index in [1.807, 2.05) is 0 Å². The predicted molar refractivity (Wildman–Crippen MR) is 62.3 cm³/mol. The molecule has 0 aliphatic heterocycles. The van der Waals surface area contributed by atoms with Crippen molar-refractivity contribution in [2.45, 2.75) is 0 Å². The van der Waals surface area contributed by atoms with Gasteiger partial charge in [0.15, 0.2) is 0 Å². The van der Waals surface area contributed by atoms with E-state index in [-0.39, 0.29) is 0 Å². The van der Waals surface area contributed by atoms with Crippen LogP contribution in [0.25, 0.3) is 0 Å². The van der Waals surface area contributed by atoms with Crippen molar-refractivity contribution in [1.82, 2.24) is 0 Å². The van der Waals surface area contributed by atoms with Gasteiger partial charge in [-0.15, -0.1) is 0 Å². The number of allylic oxidation sites excluding steroid dienone is 2. The SMILES string of the molecule is C=C/C=C/N(C=NF)c1ccc(N)cc1. The fraction of sp³-hybridized carbons (Fsp3) is 0. The summed E-state index contributed by atoms with van der Waals surface area (Å²) in [5, 5.41) is 2.47. The lowest BCUT2D eigenvalue weighted by Crippen LogP contribution is -2.12. The molecular weight excluding hydrogens is 193 g/mol. The van der Waals surface area contributed by atoms with Crippen LogP contribution in [0.4, 0.5) is 15.9 Å².